The quantitative estimate of drug-likeness (QED) is 0.933. The van der Waals surface area contributed by atoms with Crippen molar-refractivity contribution in [3.05, 3.63) is 41.1 Å². The number of amides is 1. The molecule has 0 bridgehead atoms. The molecule has 2 aromatic heterocycles. The van der Waals surface area contributed by atoms with Gasteiger partial charge in [-0.25, -0.2) is 0 Å². The number of nitrogens with one attached hydrogen (secondary N) is 1. The molecule has 0 radical (unpaired) electrons. The highest BCUT2D eigenvalue weighted by molar-refractivity contribution is 7.99. The fourth-order valence-corrected chi connectivity index (χ4v) is 4.23. The predicted molar refractivity (Wildman–Crippen MR) is 91.5 cm³/mol. The van der Waals surface area contributed by atoms with E-state index in [9.17, 15) is 4.79 Å². The molecule has 6 heteroatoms. The molecule has 23 heavy (non-hydrogen) atoms. The molecular formula is C17H23N3O2S. The van der Waals surface area contributed by atoms with E-state index in [0.29, 0.717) is 11.7 Å². The van der Waals surface area contributed by atoms with Gasteiger partial charge in [-0.3, -0.25) is 9.89 Å². The van der Waals surface area contributed by atoms with Crippen molar-refractivity contribution in [3.63, 3.8) is 0 Å². The van der Waals surface area contributed by atoms with E-state index in [0.717, 1.165) is 48.8 Å². The van der Waals surface area contributed by atoms with E-state index < -0.39 is 0 Å². The van der Waals surface area contributed by atoms with Crippen LogP contribution in [0.15, 0.2) is 22.8 Å². The molecule has 1 aliphatic heterocycles. The van der Waals surface area contributed by atoms with E-state index in [1.807, 2.05) is 42.6 Å². The zero-order chi connectivity index (χ0) is 16.2. The smallest absolute Gasteiger partial charge is 0.222 e. The Morgan fingerprint density at radius 3 is 3.04 bits per heavy atom. The second-order valence-corrected chi connectivity index (χ2v) is 7.27. The lowest BCUT2D eigenvalue weighted by atomic mass is 10.1. The van der Waals surface area contributed by atoms with Crippen LogP contribution in [0, 0.1) is 13.8 Å². The van der Waals surface area contributed by atoms with Crippen LogP contribution in [-0.4, -0.2) is 39.8 Å². The molecule has 5 nitrogen and oxygen atoms in total. The summed E-state index contributed by atoms with van der Waals surface area (Å²) >= 11 is 1.88. The van der Waals surface area contributed by atoms with E-state index in [1.165, 1.54) is 5.56 Å². The third kappa shape index (κ3) is 3.80. The predicted octanol–water partition coefficient (Wildman–Crippen LogP) is 3.26. The van der Waals surface area contributed by atoms with Crippen molar-refractivity contribution in [2.75, 3.05) is 18.8 Å². The monoisotopic (exact) mass is 333 g/mol. The SMILES string of the molecule is Cc1n[nH]c(C)c1CCC(=O)N1CCSC(c2ccco2)CC1. The van der Waals surface area contributed by atoms with Crippen molar-refractivity contribution >= 4 is 17.7 Å². The Morgan fingerprint density at radius 1 is 1.48 bits per heavy atom. The molecule has 124 valence electrons. The van der Waals surface area contributed by atoms with Gasteiger partial charge in [0.1, 0.15) is 5.76 Å². The van der Waals surface area contributed by atoms with E-state index >= 15 is 0 Å². The molecule has 3 heterocycles. The minimum atomic E-state index is 0.241. The first-order chi connectivity index (χ1) is 11.1. The van der Waals surface area contributed by atoms with Crippen LogP contribution in [0.5, 0.6) is 0 Å². The van der Waals surface area contributed by atoms with Crippen molar-refractivity contribution in [1.29, 1.82) is 0 Å². The van der Waals surface area contributed by atoms with Gasteiger partial charge in [-0.15, -0.1) is 11.8 Å². The van der Waals surface area contributed by atoms with Gasteiger partial charge < -0.3 is 9.32 Å². The van der Waals surface area contributed by atoms with Crippen LogP contribution in [0.2, 0.25) is 0 Å². The van der Waals surface area contributed by atoms with Gasteiger partial charge in [0.05, 0.1) is 17.2 Å². The summed E-state index contributed by atoms with van der Waals surface area (Å²) in [5.74, 6) is 2.22. The van der Waals surface area contributed by atoms with Crippen LogP contribution in [0.25, 0.3) is 0 Å². The highest BCUT2D eigenvalue weighted by Crippen LogP contribution is 2.34. The van der Waals surface area contributed by atoms with Crippen LogP contribution in [0.3, 0.4) is 0 Å². The lowest BCUT2D eigenvalue weighted by Crippen LogP contribution is -2.33. The van der Waals surface area contributed by atoms with Crippen molar-refractivity contribution in [1.82, 2.24) is 15.1 Å². The van der Waals surface area contributed by atoms with Crippen molar-refractivity contribution in [2.45, 2.75) is 38.4 Å². The molecule has 0 aliphatic carbocycles. The molecule has 0 saturated carbocycles. The molecule has 1 fully saturated rings. The summed E-state index contributed by atoms with van der Waals surface area (Å²) in [6.07, 6.45) is 3.99. The molecule has 1 N–H and O–H groups in total. The highest BCUT2D eigenvalue weighted by Gasteiger charge is 2.23. The second kappa shape index (κ2) is 7.25. The van der Waals surface area contributed by atoms with Crippen LogP contribution < -0.4 is 0 Å². The maximum absolute atomic E-state index is 12.5. The number of hydrogen-bond acceptors (Lipinski definition) is 4. The van der Waals surface area contributed by atoms with Gasteiger partial charge in [-0.1, -0.05) is 0 Å². The number of carbonyl (C=O) groups is 1. The molecule has 3 rings (SSSR count). The summed E-state index contributed by atoms with van der Waals surface area (Å²) in [5, 5.41) is 7.54. The number of aromatic nitrogens is 2. The highest BCUT2D eigenvalue weighted by atomic mass is 32.2. The number of H-pyrrole nitrogens is 1. The summed E-state index contributed by atoms with van der Waals surface area (Å²) in [4.78, 5) is 14.5. The molecule has 1 aliphatic rings. The summed E-state index contributed by atoms with van der Waals surface area (Å²) in [5.41, 5.74) is 3.25. The van der Waals surface area contributed by atoms with E-state index in [2.05, 4.69) is 10.2 Å². The van der Waals surface area contributed by atoms with E-state index in [1.54, 1.807) is 6.26 Å². The zero-order valence-electron chi connectivity index (χ0n) is 13.7. The average Bonchev–Trinajstić information content (AvgIpc) is 3.10. The van der Waals surface area contributed by atoms with Crippen molar-refractivity contribution in [2.24, 2.45) is 0 Å². The Kier molecular flexibility index (Phi) is 5.10. The number of rotatable bonds is 4. The summed E-state index contributed by atoms with van der Waals surface area (Å²) in [7, 11) is 0. The first kappa shape index (κ1) is 16.2. The molecule has 1 unspecified atom stereocenters. The van der Waals surface area contributed by atoms with Gasteiger partial charge >= 0.3 is 0 Å². The largest absolute Gasteiger partial charge is 0.468 e. The zero-order valence-corrected chi connectivity index (χ0v) is 14.5. The molecule has 2 aromatic rings. The lowest BCUT2D eigenvalue weighted by Gasteiger charge is -2.20. The van der Waals surface area contributed by atoms with Crippen LogP contribution in [-0.2, 0) is 11.2 Å². The van der Waals surface area contributed by atoms with Gasteiger partial charge in [-0.2, -0.15) is 5.10 Å². The number of hydrogen-bond donors (Lipinski definition) is 1. The molecule has 0 aromatic carbocycles. The van der Waals surface area contributed by atoms with Gasteiger partial charge in [0.2, 0.25) is 5.91 Å². The van der Waals surface area contributed by atoms with Gasteiger partial charge in [-0.05, 0) is 44.4 Å². The fourth-order valence-electron chi connectivity index (χ4n) is 3.05. The third-order valence-electron chi connectivity index (χ3n) is 4.42. The standard InChI is InChI=1S/C17H23N3O2S/c1-12-14(13(2)19-18-12)5-6-17(21)20-8-7-16(23-11-9-20)15-4-3-10-22-15/h3-4,10,16H,5-9,11H2,1-2H3,(H,18,19). The molecule has 0 spiro atoms. The Bertz CT molecular complexity index is 631. The lowest BCUT2D eigenvalue weighted by molar-refractivity contribution is -0.130. The van der Waals surface area contributed by atoms with Crippen molar-refractivity contribution < 1.29 is 9.21 Å². The minimum absolute atomic E-state index is 0.241. The maximum atomic E-state index is 12.5. The minimum Gasteiger partial charge on any atom is -0.468 e. The molecule has 1 amide bonds. The number of thioether (sulfide) groups is 1. The maximum Gasteiger partial charge on any atom is 0.222 e. The molecule has 1 atom stereocenters. The number of aryl methyl sites for hydroxylation is 2. The van der Waals surface area contributed by atoms with E-state index in [4.69, 9.17) is 4.42 Å². The Balaban J connectivity index is 1.54. The van der Waals surface area contributed by atoms with Crippen LogP contribution in [0.1, 0.15) is 40.8 Å². The Hall–Kier alpha value is -1.69. The van der Waals surface area contributed by atoms with Crippen LogP contribution >= 0.6 is 11.8 Å². The topological polar surface area (TPSA) is 62.1 Å². The fraction of sp³-hybridized carbons (Fsp3) is 0.529. The third-order valence-corrected chi connectivity index (χ3v) is 5.71. The number of furan rings is 1. The van der Waals surface area contributed by atoms with Gasteiger partial charge in [0, 0.05) is 31.0 Å². The number of nitrogens with zero attached hydrogens (tertiary/aromatic N) is 2. The Labute approximate surface area is 140 Å². The van der Waals surface area contributed by atoms with Crippen molar-refractivity contribution in [3.8, 4) is 0 Å². The normalized spacial score (nSPS) is 18.9. The van der Waals surface area contributed by atoms with E-state index in [-0.39, 0.29) is 5.91 Å². The summed E-state index contributed by atoms with van der Waals surface area (Å²) in [6, 6.07) is 3.96. The van der Waals surface area contributed by atoms with Crippen LogP contribution in [0.4, 0.5) is 0 Å². The number of carbonyl (C=O) groups excluding carboxylic acids is 1. The first-order valence-corrected chi connectivity index (χ1v) is 9.13. The summed E-state index contributed by atoms with van der Waals surface area (Å²) in [6.45, 7) is 5.63. The summed E-state index contributed by atoms with van der Waals surface area (Å²) < 4.78 is 5.51. The number of aromatic amines is 1. The average molecular weight is 333 g/mol. The first-order valence-electron chi connectivity index (χ1n) is 8.08. The second-order valence-electron chi connectivity index (χ2n) is 5.96. The Morgan fingerprint density at radius 2 is 2.35 bits per heavy atom. The van der Waals surface area contributed by atoms with Gasteiger partial charge in [0.25, 0.3) is 0 Å². The molecular weight excluding hydrogens is 310 g/mol. The molecule has 1 saturated heterocycles. The van der Waals surface area contributed by atoms with Gasteiger partial charge in [0.15, 0.2) is 0 Å².